The van der Waals surface area contributed by atoms with Crippen molar-refractivity contribution < 1.29 is 0 Å². The lowest BCUT2D eigenvalue weighted by molar-refractivity contribution is 0.794. The fraction of sp³-hybridized carbons (Fsp3) is 0.0238. The number of rotatable bonds is 4. The Balaban J connectivity index is 1.25. The van der Waals surface area contributed by atoms with Crippen LogP contribution in [0.5, 0.6) is 0 Å². The average molecular weight is 628 g/mol. The summed E-state index contributed by atoms with van der Waals surface area (Å²) in [5, 5.41) is 0. The SMILES string of the molecule is c1ccc(-c2ccc3c(c2)C2(c4ccccc4-3)c3ccccc3-c3ccc(-c4nc(-c5ncccn5)nc(-c5ncccn5)n4)cc32)cc1. The number of hydrogen-bond acceptors (Lipinski definition) is 7. The number of hydrogen-bond donors (Lipinski definition) is 0. The minimum absolute atomic E-state index is 0.357. The molecule has 3 heterocycles. The second-order valence-corrected chi connectivity index (χ2v) is 12.2. The fourth-order valence-electron chi connectivity index (χ4n) is 7.62. The standard InChI is InChI=1S/C42H25N7/c1-2-10-26(11-3-1)27-16-18-31-29-12-4-6-14-33(29)42(35(31)24-27)34-15-7-5-13-30(34)32-19-17-28(25-36(32)42)37-47-40(38-43-20-8-21-44-38)49-41(48-37)39-45-22-9-23-46-39/h1-25H. The van der Waals surface area contributed by atoms with Crippen LogP contribution in [-0.2, 0) is 5.41 Å². The Labute approximate surface area is 282 Å². The zero-order valence-electron chi connectivity index (χ0n) is 26.1. The van der Waals surface area contributed by atoms with E-state index in [1.807, 2.05) is 0 Å². The van der Waals surface area contributed by atoms with Crippen molar-refractivity contribution in [3.8, 4) is 68.1 Å². The predicted molar refractivity (Wildman–Crippen MR) is 189 cm³/mol. The third-order valence-electron chi connectivity index (χ3n) is 9.62. The Morgan fingerprint density at radius 3 is 1.33 bits per heavy atom. The van der Waals surface area contributed by atoms with E-state index in [9.17, 15) is 0 Å². The Morgan fingerprint density at radius 1 is 0.306 bits per heavy atom. The van der Waals surface area contributed by atoms with Crippen LogP contribution in [0.4, 0.5) is 0 Å². The van der Waals surface area contributed by atoms with Crippen LogP contribution in [0, 0.1) is 0 Å². The molecule has 0 saturated carbocycles. The van der Waals surface area contributed by atoms with E-state index in [1.165, 1.54) is 55.6 Å². The van der Waals surface area contributed by atoms with Crippen LogP contribution < -0.4 is 0 Å². The summed E-state index contributed by atoms with van der Waals surface area (Å²) in [7, 11) is 0. The van der Waals surface area contributed by atoms with Gasteiger partial charge in [0.05, 0.1) is 5.41 Å². The molecular formula is C42H25N7. The molecule has 228 valence electrons. The van der Waals surface area contributed by atoms with Crippen molar-refractivity contribution in [3.63, 3.8) is 0 Å². The molecule has 49 heavy (non-hydrogen) atoms. The summed E-state index contributed by atoms with van der Waals surface area (Å²) >= 11 is 0. The van der Waals surface area contributed by atoms with Crippen LogP contribution in [0.1, 0.15) is 22.3 Å². The van der Waals surface area contributed by atoms with Gasteiger partial charge < -0.3 is 0 Å². The van der Waals surface area contributed by atoms with E-state index >= 15 is 0 Å². The van der Waals surface area contributed by atoms with Gasteiger partial charge in [0, 0.05) is 30.4 Å². The van der Waals surface area contributed by atoms with Crippen molar-refractivity contribution in [1.82, 2.24) is 34.9 Å². The number of nitrogens with zero attached hydrogens (tertiary/aromatic N) is 7. The molecule has 1 unspecified atom stereocenters. The maximum atomic E-state index is 4.93. The van der Waals surface area contributed by atoms with E-state index in [-0.39, 0.29) is 0 Å². The number of aromatic nitrogens is 7. The Kier molecular flexibility index (Phi) is 5.95. The van der Waals surface area contributed by atoms with E-state index < -0.39 is 5.41 Å². The van der Waals surface area contributed by atoms with Crippen molar-refractivity contribution in [2.75, 3.05) is 0 Å². The molecule has 0 saturated heterocycles. The summed E-state index contributed by atoms with van der Waals surface area (Å²) in [6.45, 7) is 0. The lowest BCUT2D eigenvalue weighted by atomic mass is 9.70. The molecule has 7 nitrogen and oxygen atoms in total. The van der Waals surface area contributed by atoms with Crippen molar-refractivity contribution in [1.29, 1.82) is 0 Å². The summed E-state index contributed by atoms with van der Waals surface area (Å²) in [4.78, 5) is 32.3. The van der Waals surface area contributed by atoms with E-state index in [0.29, 0.717) is 29.1 Å². The van der Waals surface area contributed by atoms with Crippen molar-refractivity contribution in [2.24, 2.45) is 0 Å². The molecular weight excluding hydrogens is 603 g/mol. The van der Waals surface area contributed by atoms with Crippen molar-refractivity contribution in [2.45, 2.75) is 5.41 Å². The van der Waals surface area contributed by atoms with Crippen LogP contribution in [0.25, 0.3) is 68.1 Å². The van der Waals surface area contributed by atoms with Gasteiger partial charge in [-0.2, -0.15) is 0 Å². The third-order valence-corrected chi connectivity index (χ3v) is 9.62. The molecule has 1 atom stereocenters. The Hall–Kier alpha value is -6.73. The van der Waals surface area contributed by atoms with Gasteiger partial charge in [0.25, 0.3) is 0 Å². The molecule has 0 amide bonds. The molecule has 7 heteroatoms. The molecule has 10 rings (SSSR count). The van der Waals surface area contributed by atoms with Crippen LogP contribution in [-0.4, -0.2) is 34.9 Å². The number of fused-ring (bicyclic) bond motifs is 10. The minimum atomic E-state index is -0.539. The largest absolute Gasteiger partial charge is 0.234 e. The predicted octanol–water partition coefficient (Wildman–Crippen LogP) is 8.46. The summed E-state index contributed by atoms with van der Waals surface area (Å²) in [6, 6.07) is 45.3. The smallest absolute Gasteiger partial charge is 0.201 e. The normalized spacial score (nSPS) is 15.0. The highest BCUT2D eigenvalue weighted by molar-refractivity contribution is 5.96. The molecule has 3 aromatic heterocycles. The van der Waals surface area contributed by atoms with Gasteiger partial charge in [0.1, 0.15) is 0 Å². The van der Waals surface area contributed by atoms with Crippen LogP contribution in [0.15, 0.2) is 152 Å². The first-order chi connectivity index (χ1) is 24.3. The monoisotopic (exact) mass is 627 g/mol. The molecule has 0 fully saturated rings. The molecule has 0 bridgehead atoms. The molecule has 1 spiro atoms. The van der Waals surface area contributed by atoms with Crippen molar-refractivity contribution >= 4 is 0 Å². The van der Waals surface area contributed by atoms with Gasteiger partial charge in [-0.25, -0.2) is 34.9 Å². The maximum absolute atomic E-state index is 4.93. The minimum Gasteiger partial charge on any atom is -0.234 e. The fourth-order valence-corrected chi connectivity index (χ4v) is 7.62. The lowest BCUT2D eigenvalue weighted by Gasteiger charge is -2.31. The molecule has 5 aromatic carbocycles. The average Bonchev–Trinajstić information content (AvgIpc) is 3.65. The second-order valence-electron chi connectivity index (χ2n) is 12.2. The van der Waals surface area contributed by atoms with Gasteiger partial charge in [0.15, 0.2) is 17.5 Å². The van der Waals surface area contributed by atoms with E-state index in [2.05, 4.69) is 135 Å². The van der Waals surface area contributed by atoms with Gasteiger partial charge in [-0.3, -0.25) is 0 Å². The topological polar surface area (TPSA) is 90.2 Å². The summed E-state index contributed by atoms with van der Waals surface area (Å²) in [5.41, 5.74) is 12.6. The van der Waals surface area contributed by atoms with E-state index in [4.69, 9.17) is 15.0 Å². The summed E-state index contributed by atoms with van der Waals surface area (Å²) in [6.07, 6.45) is 6.72. The first kappa shape index (κ1) is 27.4. The summed E-state index contributed by atoms with van der Waals surface area (Å²) in [5.74, 6) is 2.02. The highest BCUT2D eigenvalue weighted by atomic mass is 15.1. The van der Waals surface area contributed by atoms with Crippen LogP contribution in [0.3, 0.4) is 0 Å². The molecule has 0 radical (unpaired) electrons. The van der Waals surface area contributed by atoms with Crippen LogP contribution >= 0.6 is 0 Å². The zero-order chi connectivity index (χ0) is 32.4. The highest BCUT2D eigenvalue weighted by Crippen LogP contribution is 2.63. The van der Waals surface area contributed by atoms with Gasteiger partial charge in [0.2, 0.25) is 11.6 Å². The second kappa shape index (κ2) is 10.7. The molecule has 0 N–H and O–H groups in total. The first-order valence-corrected chi connectivity index (χ1v) is 16.1. The Morgan fingerprint density at radius 2 is 0.755 bits per heavy atom. The van der Waals surface area contributed by atoms with Gasteiger partial charge >= 0.3 is 0 Å². The maximum Gasteiger partial charge on any atom is 0.201 e. The summed E-state index contributed by atoms with van der Waals surface area (Å²) < 4.78 is 0. The first-order valence-electron chi connectivity index (χ1n) is 16.1. The third kappa shape index (κ3) is 4.06. The molecule has 0 aliphatic heterocycles. The zero-order valence-corrected chi connectivity index (χ0v) is 26.1. The van der Waals surface area contributed by atoms with Gasteiger partial charge in [-0.15, -0.1) is 0 Å². The number of benzene rings is 5. The van der Waals surface area contributed by atoms with E-state index in [0.717, 1.165) is 5.56 Å². The quantitative estimate of drug-likeness (QED) is 0.193. The Bertz CT molecular complexity index is 2480. The van der Waals surface area contributed by atoms with Crippen LogP contribution in [0.2, 0.25) is 0 Å². The highest BCUT2D eigenvalue weighted by Gasteiger charge is 2.51. The molecule has 8 aromatic rings. The molecule has 2 aliphatic carbocycles. The van der Waals surface area contributed by atoms with Gasteiger partial charge in [-0.05, 0) is 79.9 Å². The molecule has 2 aliphatic rings. The van der Waals surface area contributed by atoms with Gasteiger partial charge in [-0.1, -0.05) is 103 Å². The van der Waals surface area contributed by atoms with Crippen molar-refractivity contribution in [3.05, 3.63) is 174 Å². The lowest BCUT2D eigenvalue weighted by Crippen LogP contribution is -2.26. The van der Waals surface area contributed by atoms with E-state index in [1.54, 1.807) is 36.9 Å².